The van der Waals surface area contributed by atoms with Gasteiger partial charge in [0.1, 0.15) is 17.9 Å². The molecule has 0 aliphatic carbocycles. The Hall–Kier alpha value is -3.08. The molecule has 5 nitrogen and oxygen atoms in total. The van der Waals surface area contributed by atoms with Crippen LogP contribution in [0.25, 0.3) is 10.9 Å². The van der Waals surface area contributed by atoms with Crippen LogP contribution in [0.4, 0.5) is 0 Å². The van der Waals surface area contributed by atoms with Crippen molar-refractivity contribution in [1.29, 1.82) is 0 Å². The number of benzene rings is 2. The maximum Gasteiger partial charge on any atom is 0.341 e. The third kappa shape index (κ3) is 3.15. The summed E-state index contributed by atoms with van der Waals surface area (Å²) in [6, 6.07) is 14.3. The minimum absolute atomic E-state index is 0.123. The molecule has 3 aromatic rings. The summed E-state index contributed by atoms with van der Waals surface area (Å²) in [5.74, 6) is -0.185. The summed E-state index contributed by atoms with van der Waals surface area (Å²) in [5, 5.41) is 0.469. The van der Waals surface area contributed by atoms with Gasteiger partial charge in [0.2, 0.25) is 0 Å². The van der Waals surface area contributed by atoms with Crippen LogP contribution in [0.15, 0.2) is 53.3 Å². The molecule has 0 saturated heterocycles. The maximum absolute atomic E-state index is 12.2. The molecule has 0 bridgehead atoms. The van der Waals surface area contributed by atoms with Gasteiger partial charge in [0, 0.05) is 17.1 Å². The van der Waals surface area contributed by atoms with E-state index in [2.05, 4.69) is 4.98 Å². The van der Waals surface area contributed by atoms with Crippen molar-refractivity contribution in [3.63, 3.8) is 0 Å². The number of fused-ring (bicyclic) bond motifs is 1. The molecule has 0 aliphatic rings. The van der Waals surface area contributed by atoms with Crippen LogP contribution in [0, 0.1) is 6.92 Å². The molecule has 24 heavy (non-hydrogen) atoms. The van der Waals surface area contributed by atoms with E-state index in [0.29, 0.717) is 23.3 Å². The van der Waals surface area contributed by atoms with Crippen molar-refractivity contribution in [3.8, 4) is 5.75 Å². The molecule has 0 saturated carbocycles. The zero-order chi connectivity index (χ0) is 17.1. The monoisotopic (exact) mass is 323 g/mol. The molecule has 0 aliphatic heterocycles. The summed E-state index contributed by atoms with van der Waals surface area (Å²) in [6.07, 6.45) is 0. The number of aryl methyl sites for hydroxylation is 1. The van der Waals surface area contributed by atoms with Gasteiger partial charge in [0.05, 0.1) is 12.6 Å². The molecule has 0 fully saturated rings. The first-order chi connectivity index (χ1) is 11.6. The summed E-state index contributed by atoms with van der Waals surface area (Å²) >= 11 is 0. The van der Waals surface area contributed by atoms with Gasteiger partial charge in [-0.3, -0.25) is 4.79 Å². The number of ether oxygens (including phenoxy) is 2. The summed E-state index contributed by atoms with van der Waals surface area (Å²) in [7, 11) is 1.31. The van der Waals surface area contributed by atoms with E-state index in [1.807, 2.05) is 30.3 Å². The quantitative estimate of drug-likeness (QED) is 0.749. The summed E-state index contributed by atoms with van der Waals surface area (Å²) in [4.78, 5) is 27.3. The predicted octanol–water partition coefficient (Wildman–Crippen LogP) is 3.20. The number of rotatable bonds is 4. The zero-order valence-corrected chi connectivity index (χ0v) is 13.5. The normalized spacial score (nSPS) is 10.6. The Kier molecular flexibility index (Phi) is 4.33. The van der Waals surface area contributed by atoms with Crippen molar-refractivity contribution < 1.29 is 14.3 Å². The van der Waals surface area contributed by atoms with Crippen LogP contribution in [0.3, 0.4) is 0 Å². The van der Waals surface area contributed by atoms with E-state index in [1.165, 1.54) is 13.2 Å². The van der Waals surface area contributed by atoms with E-state index >= 15 is 0 Å². The molecule has 3 rings (SSSR count). The highest BCUT2D eigenvalue weighted by Crippen LogP contribution is 2.25. The molecule has 122 valence electrons. The topological polar surface area (TPSA) is 68.4 Å². The second kappa shape index (κ2) is 6.58. The molecule has 1 heterocycles. The second-order valence-corrected chi connectivity index (χ2v) is 5.48. The van der Waals surface area contributed by atoms with E-state index in [0.717, 1.165) is 11.3 Å². The van der Waals surface area contributed by atoms with Crippen LogP contribution >= 0.6 is 0 Å². The van der Waals surface area contributed by atoms with E-state index in [1.54, 1.807) is 19.1 Å². The lowest BCUT2D eigenvalue weighted by atomic mass is 10.1. The van der Waals surface area contributed by atoms with E-state index < -0.39 is 5.97 Å². The number of carbonyl (C=O) groups excluding carboxylic acids is 1. The molecule has 0 atom stereocenters. The lowest BCUT2D eigenvalue weighted by Crippen LogP contribution is -2.09. The Labute approximate surface area is 138 Å². The number of methoxy groups -OCH3 is 1. The Morgan fingerprint density at radius 1 is 1.12 bits per heavy atom. The number of esters is 1. The molecule has 2 aromatic carbocycles. The molecular weight excluding hydrogens is 306 g/mol. The lowest BCUT2D eigenvalue weighted by Gasteiger charge is -2.12. The highest BCUT2D eigenvalue weighted by atomic mass is 16.5. The summed E-state index contributed by atoms with van der Waals surface area (Å²) in [6.45, 7) is 2.08. The number of H-pyrrole nitrogens is 1. The van der Waals surface area contributed by atoms with Gasteiger partial charge in [-0.2, -0.15) is 0 Å². The Bertz CT molecular complexity index is 945. The van der Waals surface area contributed by atoms with Gasteiger partial charge in [0.25, 0.3) is 0 Å². The van der Waals surface area contributed by atoms with Crippen LogP contribution in [0.1, 0.15) is 21.6 Å². The number of carbonyl (C=O) groups is 1. The number of aromatic nitrogens is 1. The van der Waals surface area contributed by atoms with Crippen molar-refractivity contribution in [2.24, 2.45) is 0 Å². The highest BCUT2D eigenvalue weighted by molar-refractivity contribution is 5.97. The molecule has 0 radical (unpaired) electrons. The standard InChI is InChI=1S/C19H17NO4/c1-12-8-17(21)14-10-18(24-11-13-6-4-3-5-7-13)15(19(22)23-2)9-16(14)20-12/h3-10H,11H2,1-2H3,(H,20,21). The first-order valence-electron chi connectivity index (χ1n) is 7.51. The lowest BCUT2D eigenvalue weighted by molar-refractivity contribution is 0.0595. The van der Waals surface area contributed by atoms with Gasteiger partial charge in [-0.25, -0.2) is 4.79 Å². The maximum atomic E-state index is 12.2. The van der Waals surface area contributed by atoms with Crippen molar-refractivity contribution in [2.45, 2.75) is 13.5 Å². The number of hydrogen-bond donors (Lipinski definition) is 1. The fourth-order valence-corrected chi connectivity index (χ4v) is 2.53. The smallest absolute Gasteiger partial charge is 0.341 e. The highest BCUT2D eigenvalue weighted by Gasteiger charge is 2.16. The van der Waals surface area contributed by atoms with E-state index in [-0.39, 0.29) is 11.0 Å². The SMILES string of the molecule is COC(=O)c1cc2[nH]c(C)cc(=O)c2cc1OCc1ccccc1. The van der Waals surface area contributed by atoms with Crippen molar-refractivity contribution in [3.05, 3.63) is 75.6 Å². The van der Waals surface area contributed by atoms with Gasteiger partial charge < -0.3 is 14.5 Å². The number of hydrogen-bond acceptors (Lipinski definition) is 4. The Morgan fingerprint density at radius 3 is 2.58 bits per heavy atom. The molecule has 1 aromatic heterocycles. The summed E-state index contributed by atoms with van der Waals surface area (Å²) < 4.78 is 10.6. The first-order valence-corrected chi connectivity index (χ1v) is 7.51. The fraction of sp³-hybridized carbons (Fsp3) is 0.158. The first kappa shape index (κ1) is 15.8. The number of aromatic amines is 1. The average molecular weight is 323 g/mol. The van der Waals surface area contributed by atoms with Crippen LogP contribution in [-0.4, -0.2) is 18.1 Å². The summed E-state index contributed by atoms with van der Waals surface area (Å²) in [5.41, 5.74) is 2.42. The average Bonchev–Trinajstić information content (AvgIpc) is 2.59. The number of nitrogens with one attached hydrogen (secondary N) is 1. The number of pyridine rings is 1. The Balaban J connectivity index is 2.06. The minimum atomic E-state index is -0.512. The van der Waals surface area contributed by atoms with Crippen LogP contribution in [-0.2, 0) is 11.3 Å². The van der Waals surface area contributed by atoms with Gasteiger partial charge in [-0.05, 0) is 24.6 Å². The predicted molar refractivity (Wildman–Crippen MR) is 91.4 cm³/mol. The Morgan fingerprint density at radius 2 is 1.88 bits per heavy atom. The van der Waals surface area contributed by atoms with Crippen molar-refractivity contribution in [2.75, 3.05) is 7.11 Å². The fourth-order valence-electron chi connectivity index (χ4n) is 2.53. The molecular formula is C19H17NO4. The second-order valence-electron chi connectivity index (χ2n) is 5.48. The van der Waals surface area contributed by atoms with Gasteiger partial charge >= 0.3 is 5.97 Å². The largest absolute Gasteiger partial charge is 0.488 e. The zero-order valence-electron chi connectivity index (χ0n) is 13.5. The minimum Gasteiger partial charge on any atom is -0.488 e. The van der Waals surface area contributed by atoms with E-state index in [9.17, 15) is 9.59 Å². The van der Waals surface area contributed by atoms with E-state index in [4.69, 9.17) is 9.47 Å². The van der Waals surface area contributed by atoms with Crippen LogP contribution in [0.5, 0.6) is 5.75 Å². The van der Waals surface area contributed by atoms with Gasteiger partial charge in [-0.15, -0.1) is 0 Å². The third-order valence-electron chi connectivity index (χ3n) is 3.71. The third-order valence-corrected chi connectivity index (χ3v) is 3.71. The molecule has 1 N–H and O–H groups in total. The van der Waals surface area contributed by atoms with Crippen molar-refractivity contribution in [1.82, 2.24) is 4.98 Å². The molecule has 0 spiro atoms. The molecule has 0 unspecified atom stereocenters. The van der Waals surface area contributed by atoms with Crippen LogP contribution in [0.2, 0.25) is 0 Å². The van der Waals surface area contributed by atoms with Gasteiger partial charge in [0.15, 0.2) is 5.43 Å². The molecule has 0 amide bonds. The van der Waals surface area contributed by atoms with Crippen LogP contribution < -0.4 is 10.2 Å². The molecule has 5 heteroatoms. The van der Waals surface area contributed by atoms with Crippen molar-refractivity contribution >= 4 is 16.9 Å². The van der Waals surface area contributed by atoms with Gasteiger partial charge in [-0.1, -0.05) is 30.3 Å².